The second-order valence-electron chi connectivity index (χ2n) is 7.80. The van der Waals surface area contributed by atoms with Crippen molar-refractivity contribution in [3.05, 3.63) is 51.8 Å². The van der Waals surface area contributed by atoms with Crippen LogP contribution >= 0.6 is 11.6 Å². The molecule has 3 aromatic rings. The zero-order chi connectivity index (χ0) is 19.6. The number of hydrogen-bond acceptors (Lipinski definition) is 6. The van der Waals surface area contributed by atoms with E-state index in [2.05, 4.69) is 15.0 Å². The summed E-state index contributed by atoms with van der Waals surface area (Å²) < 4.78 is 14.6. The highest BCUT2D eigenvalue weighted by Gasteiger charge is 2.55. The number of nitrogens with two attached hydrogens (primary N) is 1. The van der Waals surface area contributed by atoms with Crippen molar-refractivity contribution in [3.63, 3.8) is 0 Å². The number of pyridine rings is 1. The molecule has 146 valence electrons. The molecule has 1 aliphatic carbocycles. The third-order valence-corrected chi connectivity index (χ3v) is 5.77. The molecule has 0 amide bonds. The molecule has 0 radical (unpaired) electrons. The smallest absolute Gasteiger partial charge is 0.247 e. The van der Waals surface area contributed by atoms with E-state index in [0.29, 0.717) is 11.5 Å². The van der Waals surface area contributed by atoms with E-state index in [1.807, 2.05) is 36.7 Å². The lowest BCUT2D eigenvalue weighted by Gasteiger charge is -2.24. The van der Waals surface area contributed by atoms with Crippen molar-refractivity contribution in [1.29, 1.82) is 0 Å². The molecule has 8 nitrogen and oxygen atoms in total. The molecule has 4 atom stereocenters. The number of nitrogens with zero attached hydrogens (tertiary/aromatic N) is 3. The summed E-state index contributed by atoms with van der Waals surface area (Å²) in [5.41, 5.74) is 7.58. The van der Waals surface area contributed by atoms with Gasteiger partial charge in [-0.05, 0) is 43.5 Å². The van der Waals surface area contributed by atoms with Crippen LogP contribution in [0.15, 0.2) is 35.4 Å². The van der Waals surface area contributed by atoms with E-state index in [1.165, 1.54) is 6.07 Å². The van der Waals surface area contributed by atoms with Gasteiger partial charge in [0.2, 0.25) is 10.8 Å². The van der Waals surface area contributed by atoms with E-state index >= 15 is 0 Å². The maximum Gasteiger partial charge on any atom is 0.247 e. The van der Waals surface area contributed by atoms with Crippen LogP contribution in [0, 0.1) is 0 Å². The zero-order valence-electron chi connectivity index (χ0n) is 15.4. The molecule has 2 aliphatic rings. The number of fused-ring (bicyclic) bond motifs is 2. The summed E-state index contributed by atoms with van der Waals surface area (Å²) in [6.07, 6.45) is 4.15. The van der Waals surface area contributed by atoms with Gasteiger partial charge in [-0.25, -0.2) is 4.98 Å². The predicted molar refractivity (Wildman–Crippen MR) is 104 cm³/mol. The fourth-order valence-electron chi connectivity index (χ4n) is 4.50. The Hall–Kier alpha value is -2.42. The maximum atomic E-state index is 11.5. The van der Waals surface area contributed by atoms with Crippen LogP contribution in [0.5, 0.6) is 0 Å². The van der Waals surface area contributed by atoms with Crippen LogP contribution in [-0.4, -0.2) is 37.5 Å². The standard InChI is InChI=1S/C19H20ClN5O3/c1-19(2)27-14-11(9-3-4-13(26)22-8-9)7-12(15(14)28-19)25-6-5-10-16(21)23-18(20)24-17(10)25/h3-6,8,11-12,14-15H,7H2,1-2H3,(H,22,26)(H2,21,23,24)/t11-,12?,14-,15+/m1/s1. The molecule has 0 bridgehead atoms. The van der Waals surface area contributed by atoms with E-state index in [-0.39, 0.29) is 35.0 Å². The van der Waals surface area contributed by atoms with Crippen molar-refractivity contribution in [2.24, 2.45) is 0 Å². The Morgan fingerprint density at radius 3 is 2.79 bits per heavy atom. The number of aromatic nitrogens is 4. The topological polar surface area (TPSA) is 108 Å². The van der Waals surface area contributed by atoms with Gasteiger partial charge < -0.3 is 24.8 Å². The lowest BCUT2D eigenvalue weighted by molar-refractivity contribution is -0.157. The van der Waals surface area contributed by atoms with Crippen LogP contribution < -0.4 is 11.3 Å². The fourth-order valence-corrected chi connectivity index (χ4v) is 4.67. The first-order chi connectivity index (χ1) is 13.3. The Balaban J connectivity index is 1.60. The summed E-state index contributed by atoms with van der Waals surface area (Å²) in [4.78, 5) is 22.7. The van der Waals surface area contributed by atoms with Crippen molar-refractivity contribution < 1.29 is 9.47 Å². The number of nitrogen functional groups attached to an aromatic ring is 1. The molecule has 3 aromatic heterocycles. The van der Waals surface area contributed by atoms with Crippen LogP contribution in [0.25, 0.3) is 11.0 Å². The fraction of sp³-hybridized carbons (Fsp3) is 0.421. The SMILES string of the molecule is CC1(C)O[C@@H]2[C@@H](c3ccc(=O)[nH]c3)CC(n3ccc4c(N)nc(Cl)nc43)[C@@H]2O1. The highest BCUT2D eigenvalue weighted by Crippen LogP contribution is 2.51. The van der Waals surface area contributed by atoms with Crippen molar-refractivity contribution in [1.82, 2.24) is 19.5 Å². The summed E-state index contributed by atoms with van der Waals surface area (Å²) in [6, 6.07) is 5.26. The van der Waals surface area contributed by atoms with Gasteiger partial charge in [-0.15, -0.1) is 0 Å². The molecule has 1 saturated heterocycles. The molecule has 1 unspecified atom stereocenters. The third-order valence-electron chi connectivity index (χ3n) is 5.60. The van der Waals surface area contributed by atoms with Crippen LogP contribution in [0.4, 0.5) is 5.82 Å². The molecule has 3 N–H and O–H groups in total. The minimum absolute atomic E-state index is 0.0217. The Labute approximate surface area is 165 Å². The second kappa shape index (κ2) is 6.04. The third kappa shape index (κ3) is 2.71. The van der Waals surface area contributed by atoms with Gasteiger partial charge >= 0.3 is 0 Å². The van der Waals surface area contributed by atoms with E-state index in [1.54, 1.807) is 6.20 Å². The Morgan fingerprint density at radius 2 is 2.04 bits per heavy atom. The molecule has 5 rings (SSSR count). The van der Waals surface area contributed by atoms with Crippen molar-refractivity contribution >= 4 is 28.5 Å². The van der Waals surface area contributed by atoms with Crippen LogP contribution in [0.3, 0.4) is 0 Å². The number of halogens is 1. The molecular formula is C19H20ClN5O3. The van der Waals surface area contributed by atoms with Crippen LogP contribution in [0.1, 0.15) is 37.8 Å². The van der Waals surface area contributed by atoms with Gasteiger partial charge in [-0.3, -0.25) is 4.79 Å². The predicted octanol–water partition coefficient (Wildman–Crippen LogP) is 2.60. The first-order valence-electron chi connectivity index (χ1n) is 9.16. The maximum absolute atomic E-state index is 11.5. The van der Waals surface area contributed by atoms with Gasteiger partial charge in [0.15, 0.2) is 5.79 Å². The number of anilines is 1. The Bertz CT molecular complexity index is 1100. The highest BCUT2D eigenvalue weighted by molar-refractivity contribution is 6.28. The summed E-state index contributed by atoms with van der Waals surface area (Å²) in [5, 5.41) is 0.868. The molecule has 1 aliphatic heterocycles. The first kappa shape index (κ1) is 17.7. The lowest BCUT2D eigenvalue weighted by Crippen LogP contribution is -2.27. The first-order valence-corrected chi connectivity index (χ1v) is 9.54. The number of rotatable bonds is 2. The Morgan fingerprint density at radius 1 is 1.25 bits per heavy atom. The lowest BCUT2D eigenvalue weighted by atomic mass is 9.97. The van der Waals surface area contributed by atoms with E-state index in [9.17, 15) is 4.79 Å². The largest absolute Gasteiger partial charge is 0.383 e. The summed E-state index contributed by atoms with van der Waals surface area (Å²) >= 11 is 6.05. The minimum atomic E-state index is -0.691. The van der Waals surface area contributed by atoms with E-state index < -0.39 is 5.79 Å². The zero-order valence-corrected chi connectivity index (χ0v) is 16.2. The molecule has 0 aromatic carbocycles. The van der Waals surface area contributed by atoms with Crippen molar-refractivity contribution in [2.75, 3.05) is 5.73 Å². The number of H-pyrrole nitrogens is 1. The van der Waals surface area contributed by atoms with Gasteiger partial charge in [-0.1, -0.05) is 6.07 Å². The van der Waals surface area contributed by atoms with Gasteiger partial charge in [0.25, 0.3) is 0 Å². The van der Waals surface area contributed by atoms with E-state index in [4.69, 9.17) is 26.8 Å². The molecule has 9 heteroatoms. The highest BCUT2D eigenvalue weighted by atomic mass is 35.5. The van der Waals surface area contributed by atoms with Crippen LogP contribution in [-0.2, 0) is 9.47 Å². The number of hydrogen-bond donors (Lipinski definition) is 2. The van der Waals surface area contributed by atoms with Gasteiger partial charge in [-0.2, -0.15) is 4.98 Å². The average molecular weight is 402 g/mol. The minimum Gasteiger partial charge on any atom is -0.383 e. The number of nitrogens with one attached hydrogen (secondary N) is 1. The molecule has 0 spiro atoms. The second-order valence-corrected chi connectivity index (χ2v) is 8.14. The number of aromatic amines is 1. The van der Waals surface area contributed by atoms with Gasteiger partial charge in [0, 0.05) is 24.4 Å². The molecule has 2 fully saturated rings. The monoisotopic (exact) mass is 401 g/mol. The molecule has 28 heavy (non-hydrogen) atoms. The quantitative estimate of drug-likeness (QED) is 0.639. The normalized spacial score (nSPS) is 28.7. The Kier molecular flexibility index (Phi) is 3.81. The average Bonchev–Trinajstić information content (AvgIpc) is 3.26. The number of ether oxygens (including phenoxy) is 2. The summed E-state index contributed by atoms with van der Waals surface area (Å²) in [7, 11) is 0. The van der Waals surface area contributed by atoms with Crippen LogP contribution in [0.2, 0.25) is 5.28 Å². The van der Waals surface area contributed by atoms with Gasteiger partial charge in [0.1, 0.15) is 17.6 Å². The van der Waals surface area contributed by atoms with Gasteiger partial charge in [0.05, 0.1) is 17.5 Å². The van der Waals surface area contributed by atoms with E-state index in [0.717, 1.165) is 17.4 Å². The molecule has 1 saturated carbocycles. The summed E-state index contributed by atoms with van der Waals surface area (Å²) in [6.45, 7) is 3.83. The van der Waals surface area contributed by atoms with Crippen molar-refractivity contribution in [3.8, 4) is 0 Å². The molecule has 4 heterocycles. The van der Waals surface area contributed by atoms with Crippen molar-refractivity contribution in [2.45, 2.75) is 50.2 Å². The summed E-state index contributed by atoms with van der Waals surface area (Å²) in [5.74, 6) is -0.270. The molecular weight excluding hydrogens is 382 g/mol.